The van der Waals surface area contributed by atoms with Crippen molar-refractivity contribution in [2.75, 3.05) is 38.0 Å². The number of fused-ring (bicyclic) bond motifs is 1. The Morgan fingerprint density at radius 3 is 1.52 bits per heavy atom. The maximum atomic E-state index is 14.4. The summed E-state index contributed by atoms with van der Waals surface area (Å²) in [6.07, 6.45) is 0.227. The van der Waals surface area contributed by atoms with Gasteiger partial charge in [0.05, 0.1) is 62.5 Å². The van der Waals surface area contributed by atoms with E-state index in [0.29, 0.717) is 68.6 Å². The number of alkyl halides is 4. The number of carboxylic acid groups (broad SMARTS) is 1. The standard InChI is InChI=1S/C26H23BrFN7O4.C16H20BrFN2O4.C16H20BrFN2O3.C16H16N4O3.C11H12BrFN2O2.3CH4.S4.S3.S2.H2S/c1-14(36)25-19-8-16(17-10-29-15(2)30-11-17)6-7-20(19)34(32-25)13-24(37)33-12-18(28)9-21(33)26(38)31-23-5-3-4-22(27)35(23)39;1-16(2,3)24-15(22)19-9-10(18)7-12(19)13(21)8-11-5-4-6-14(17)20(11)23;1-16(2,3)23-15(22)20-9-10(18)7-12(20)13(21)8-11-5-4-6-14(17)19-11;1-9(21)16(17)13-5-11(12-6-18-10(2)19-7-12)3-4-14(13)20-8-15(22)23;12-11-3-1-2-8(15(11)17)5-10(16)9-4-7(13)6-14-9;;;;1-3-4-2;1-3-2;1-2;/h3-8,10-11,18,21,39H,9,12-13H2,1-2H3;4-6,10,12H,7-9H2,1-3H3;4-6,10,12H,7-9H2,1-3H3;3-7,17,20H,8H2,1-2H3,(H,22,23);1-3,7,9,14H,4-6H2;3*1H4;;;;1H2/t18-,21+;2*10-,12+;;7-,9+;;;;;;;/m111.1......./s1. The molecule has 4 aliphatic rings. The molecule has 8 atom stereocenters. The van der Waals surface area contributed by atoms with Gasteiger partial charge in [-0.2, -0.15) is 37.8 Å². The van der Waals surface area contributed by atoms with Gasteiger partial charge in [0, 0.05) is 254 Å². The molecule has 139 heavy (non-hydrogen) atoms. The van der Waals surface area contributed by atoms with Crippen LogP contribution in [0.1, 0.15) is 148 Å². The summed E-state index contributed by atoms with van der Waals surface area (Å²) in [5.74, 6) is -2.52. The molecule has 0 bridgehead atoms. The van der Waals surface area contributed by atoms with Crippen molar-refractivity contribution in [3.8, 4) is 22.3 Å². The largest absolute Gasteiger partial charge is 0.618 e. The van der Waals surface area contributed by atoms with E-state index >= 15 is 0 Å². The number of pyridine rings is 4. The highest BCUT2D eigenvalue weighted by molar-refractivity contribution is 9.11. The van der Waals surface area contributed by atoms with Crippen LogP contribution in [0.3, 0.4) is 0 Å². The number of hydrogen-bond donors (Lipinski definition) is 5. The smallest absolute Gasteiger partial charge is 0.411 e. The highest BCUT2D eigenvalue weighted by atomic mass is 79.9. The summed E-state index contributed by atoms with van der Waals surface area (Å²) in [5, 5.41) is 60.8. The van der Waals surface area contributed by atoms with Gasteiger partial charge in [0.2, 0.25) is 17.3 Å². The number of halogens is 8. The second-order valence-electron chi connectivity index (χ2n) is 31.7. The molecule has 4 aliphatic heterocycles. The monoisotopic (exact) mass is 2370 g/mol. The molecular formula is C88H105Br4F4N17O16S10. The third kappa shape index (κ3) is 39.2. The quantitative estimate of drug-likeness (QED) is 0.00900. The molecule has 13 rings (SSSR count). The van der Waals surface area contributed by atoms with Gasteiger partial charge >= 0.3 is 18.2 Å². The lowest BCUT2D eigenvalue weighted by atomic mass is 9.99. The van der Waals surface area contributed by atoms with Crippen LogP contribution in [0, 0.1) is 29.7 Å². The molecular weight excluding hydrogens is 2270 g/mol. The van der Waals surface area contributed by atoms with Crippen molar-refractivity contribution in [2.24, 2.45) is 4.99 Å². The molecule has 51 heteroatoms. The molecule has 2 aromatic carbocycles. The maximum absolute atomic E-state index is 14.4. The van der Waals surface area contributed by atoms with Gasteiger partial charge < -0.3 is 45.7 Å². The van der Waals surface area contributed by atoms with Crippen molar-refractivity contribution in [1.29, 1.82) is 5.41 Å². The normalized spacial score (nSPS) is 17.0. The second kappa shape index (κ2) is 60.3. The Balaban J connectivity index is 0.000000585. The zero-order valence-electron chi connectivity index (χ0n) is 74.1. The lowest BCUT2D eigenvalue weighted by Crippen LogP contribution is -2.45. The Bertz CT molecular complexity index is 6020. The molecule has 754 valence electrons. The third-order valence-corrected chi connectivity index (χ3v) is 23.9. The number of ketones is 5. The Morgan fingerprint density at radius 2 is 1.06 bits per heavy atom. The van der Waals surface area contributed by atoms with E-state index in [1.165, 1.54) is 53.3 Å². The number of benzene rings is 2. The van der Waals surface area contributed by atoms with Crippen molar-refractivity contribution < 1.29 is 94.8 Å². The van der Waals surface area contributed by atoms with Crippen LogP contribution in [-0.2, 0) is 163 Å². The number of aromatic nitrogens is 10. The number of Topliss-reactive ketones (excluding diaryl/α,β-unsaturated/α-hetero) is 5. The van der Waals surface area contributed by atoms with Crippen LogP contribution in [0.5, 0.6) is 0 Å². The molecule has 7 aromatic heterocycles. The first-order valence-corrected chi connectivity index (χ1v) is 51.5. The number of hydrogen-bond acceptors (Lipinski definition) is 30. The fourth-order valence-electron chi connectivity index (χ4n) is 13.4. The summed E-state index contributed by atoms with van der Waals surface area (Å²) in [7, 11) is 3.26. The van der Waals surface area contributed by atoms with Crippen molar-refractivity contribution >= 4 is 252 Å². The van der Waals surface area contributed by atoms with Crippen molar-refractivity contribution in [3.63, 3.8) is 0 Å². The number of aliphatic carboxylic acids is 1. The first-order valence-electron chi connectivity index (χ1n) is 40.3. The molecule has 0 unspecified atom stereocenters. The van der Waals surface area contributed by atoms with Crippen LogP contribution in [-0.4, -0.2) is 222 Å². The molecule has 33 nitrogen and oxygen atoms in total. The van der Waals surface area contributed by atoms with Crippen LogP contribution in [0.15, 0.2) is 157 Å². The predicted molar refractivity (Wildman–Crippen MR) is 561 cm³/mol. The van der Waals surface area contributed by atoms with E-state index in [1.807, 2.05) is 6.07 Å². The Labute approximate surface area is 880 Å². The van der Waals surface area contributed by atoms with Crippen LogP contribution in [0.2, 0.25) is 0 Å². The number of amides is 4. The minimum atomic E-state index is -1.41. The predicted octanol–water partition coefficient (Wildman–Crippen LogP) is 13.5. The SMILES string of the molecule is C.C.C.CC(=O)C(=N)c1cc(-c2cnc(C)nc2)ccc1NCC(=O)O.CC(=O)c1nn(CC(=O)N2C[C@H](F)C[C@H]2C(=O)N=c2cccc(Br)n2O)c2ccc(-c3cnc(C)nc3)cc12.CC(C)(C)OC(=O)N1C[C@H](F)C[C@H]1C(=O)Cc1cccc(Br)[n+]1[O-].CC(C)(C)OC(=O)N1C[C@H](F)C[C@H]1C(=O)Cc1cccc(Br)n1.O=C(Cc1cccc(Br)[n+]1[O-])[C@@H]1C[C@@H](F)CN1.S.S=S.S=S=S.S=S=S=S. The minimum absolute atomic E-state index is 0. The van der Waals surface area contributed by atoms with Gasteiger partial charge in [-0.1, -0.05) is 46.5 Å². The first kappa shape index (κ1) is 126. The second-order valence-corrected chi connectivity index (χ2v) is 40.3. The number of nitrogens with zero attached hydrogens (tertiary/aromatic N) is 14. The Morgan fingerprint density at radius 1 is 0.612 bits per heavy atom. The molecule has 11 heterocycles. The molecule has 0 spiro atoms. The first-order chi connectivity index (χ1) is 63.6. The molecule has 5 N–H and O–H groups in total. The van der Waals surface area contributed by atoms with Crippen LogP contribution in [0.4, 0.5) is 32.8 Å². The van der Waals surface area contributed by atoms with Gasteiger partial charge in [-0.3, -0.25) is 58.2 Å². The summed E-state index contributed by atoms with van der Waals surface area (Å²) in [4.78, 5) is 150. The number of carbonyl (C=O) groups excluding carboxylic acids is 9. The number of aryl methyl sites for hydroxylation is 2. The molecule has 4 fully saturated rings. The van der Waals surface area contributed by atoms with Gasteiger partial charge in [-0.15, -0.1) is 0 Å². The third-order valence-electron chi connectivity index (χ3n) is 19.4. The zero-order chi connectivity index (χ0) is 101. The van der Waals surface area contributed by atoms with E-state index in [2.05, 4.69) is 176 Å². The van der Waals surface area contributed by atoms with Gasteiger partial charge in [0.25, 0.3) is 15.1 Å². The number of ether oxygens (including phenoxy) is 2. The summed E-state index contributed by atoms with van der Waals surface area (Å²) < 4.78 is 70.3. The molecule has 0 radical (unpaired) electrons. The van der Waals surface area contributed by atoms with Gasteiger partial charge in [-0.05, 0) is 159 Å². The number of rotatable bonds is 20. The lowest BCUT2D eigenvalue weighted by molar-refractivity contribution is -0.625. The van der Waals surface area contributed by atoms with E-state index < -0.39 is 95.8 Å². The molecule has 4 amide bonds. The fourth-order valence-corrected chi connectivity index (χ4v) is 14.9. The van der Waals surface area contributed by atoms with Crippen LogP contribution < -0.4 is 25.6 Å². The summed E-state index contributed by atoms with van der Waals surface area (Å²) in [6, 6.07) is 26.5. The van der Waals surface area contributed by atoms with Crippen molar-refractivity contribution in [2.45, 2.75) is 203 Å². The highest BCUT2D eigenvalue weighted by Crippen LogP contribution is 2.32. The molecule has 4 saturated heterocycles. The Hall–Kier alpha value is -9.23. The van der Waals surface area contributed by atoms with Crippen LogP contribution >= 0.6 is 77.2 Å². The van der Waals surface area contributed by atoms with Gasteiger partial charge in [-0.25, -0.2) is 52.1 Å². The minimum Gasteiger partial charge on any atom is -0.618 e. The number of carbonyl (C=O) groups is 10. The fraction of sp³-hybridized carbons (Fsp3) is 0.409. The number of anilines is 1. The lowest BCUT2D eigenvalue weighted by Gasteiger charge is -2.27. The van der Waals surface area contributed by atoms with E-state index in [9.17, 15) is 81.1 Å². The zero-order valence-corrected chi connectivity index (χ0v) is 88.8. The van der Waals surface area contributed by atoms with Crippen molar-refractivity contribution in [3.05, 3.63) is 208 Å². The van der Waals surface area contributed by atoms with Gasteiger partial charge in [0.15, 0.2) is 34.4 Å². The summed E-state index contributed by atoms with van der Waals surface area (Å²) >= 11 is 36.8. The van der Waals surface area contributed by atoms with E-state index in [1.54, 1.807) is 171 Å². The van der Waals surface area contributed by atoms with Gasteiger partial charge in [0.1, 0.15) is 87.3 Å². The van der Waals surface area contributed by atoms with E-state index in [-0.39, 0.29) is 175 Å². The van der Waals surface area contributed by atoms with Crippen molar-refractivity contribution in [1.82, 2.24) is 59.4 Å². The Kier molecular flexibility index (Phi) is 54.6. The van der Waals surface area contributed by atoms with E-state index in [4.69, 9.17) is 20.0 Å². The summed E-state index contributed by atoms with van der Waals surface area (Å²) in [5.41, 5.74) is 4.01. The molecule has 0 saturated carbocycles. The van der Waals surface area contributed by atoms with E-state index in [0.717, 1.165) is 40.9 Å². The van der Waals surface area contributed by atoms with Crippen LogP contribution in [0.25, 0.3) is 33.2 Å². The molecule has 0 aliphatic carbocycles. The summed E-state index contributed by atoms with van der Waals surface area (Å²) in [6.45, 7) is 15.6. The molecule has 9 aromatic rings. The number of likely N-dealkylation sites (tertiary alicyclic amines) is 3. The highest BCUT2D eigenvalue weighted by Gasteiger charge is 2.45. The average molecular weight is 2370 g/mol. The average Bonchev–Trinajstić information content (AvgIpc) is 1.62. The topological polar surface area (TPSA) is 441 Å². The number of carboxylic acids is 1. The maximum Gasteiger partial charge on any atom is 0.411 e. The number of nitrogens with one attached hydrogen (secondary N) is 3.